The maximum atomic E-state index is 12.6. The zero-order chi connectivity index (χ0) is 13.0. The van der Waals surface area contributed by atoms with Crippen molar-refractivity contribution in [3.63, 3.8) is 0 Å². The number of benzene rings is 1. The molecule has 0 aliphatic carbocycles. The summed E-state index contributed by atoms with van der Waals surface area (Å²) in [4.78, 5) is 14.7. The lowest BCUT2D eigenvalue weighted by Crippen LogP contribution is -2.41. The van der Waals surface area contributed by atoms with E-state index in [1.807, 2.05) is 18.2 Å². The smallest absolute Gasteiger partial charge is 0.230 e. The second-order valence-corrected chi connectivity index (χ2v) is 5.40. The third kappa shape index (κ3) is 2.92. The third-order valence-corrected chi connectivity index (χ3v) is 3.88. The number of amides is 1. The minimum Gasteiger partial charge on any atom is -0.342 e. The van der Waals surface area contributed by atoms with E-state index in [0.29, 0.717) is 11.8 Å². The van der Waals surface area contributed by atoms with Crippen LogP contribution in [0.1, 0.15) is 44.6 Å². The number of hydrogen-bond acceptors (Lipinski definition) is 1. The van der Waals surface area contributed by atoms with E-state index >= 15 is 0 Å². The van der Waals surface area contributed by atoms with Gasteiger partial charge in [-0.25, -0.2) is 0 Å². The summed E-state index contributed by atoms with van der Waals surface area (Å²) in [5, 5.41) is 0. The number of piperidine rings is 1. The molecule has 2 atom stereocenters. The fourth-order valence-electron chi connectivity index (χ4n) is 2.85. The Morgan fingerprint density at radius 2 is 2.11 bits per heavy atom. The molecule has 1 fully saturated rings. The molecule has 1 aliphatic rings. The summed E-state index contributed by atoms with van der Waals surface area (Å²) in [6, 6.07) is 10.2. The molecule has 1 aromatic rings. The maximum Gasteiger partial charge on any atom is 0.230 e. The molecule has 0 bridgehead atoms. The number of nitrogens with zero attached hydrogens (tertiary/aromatic N) is 1. The summed E-state index contributed by atoms with van der Waals surface area (Å²) in [5.41, 5.74) is 1.16. The normalized spacial score (nSPS) is 21.7. The van der Waals surface area contributed by atoms with Gasteiger partial charge in [-0.1, -0.05) is 44.2 Å². The Hall–Kier alpha value is -1.31. The van der Waals surface area contributed by atoms with Crippen LogP contribution in [0.5, 0.6) is 0 Å². The summed E-state index contributed by atoms with van der Waals surface area (Å²) >= 11 is 0. The zero-order valence-electron chi connectivity index (χ0n) is 11.4. The molecule has 2 nitrogen and oxygen atoms in total. The second kappa shape index (κ2) is 6.03. The van der Waals surface area contributed by atoms with Crippen molar-refractivity contribution in [1.29, 1.82) is 0 Å². The lowest BCUT2D eigenvalue weighted by atomic mass is 9.92. The summed E-state index contributed by atoms with van der Waals surface area (Å²) < 4.78 is 0. The fourth-order valence-corrected chi connectivity index (χ4v) is 2.85. The van der Waals surface area contributed by atoms with Gasteiger partial charge in [-0.3, -0.25) is 4.79 Å². The second-order valence-electron chi connectivity index (χ2n) is 5.40. The summed E-state index contributed by atoms with van der Waals surface area (Å²) in [5.74, 6) is 1.00. The molecule has 0 N–H and O–H groups in total. The summed E-state index contributed by atoms with van der Waals surface area (Å²) in [6.07, 6.45) is 3.29. The molecule has 2 rings (SSSR count). The number of carbonyl (C=O) groups is 1. The molecule has 1 saturated heterocycles. The number of hydrogen-bond donors (Lipinski definition) is 0. The Morgan fingerprint density at radius 1 is 1.39 bits per heavy atom. The van der Waals surface area contributed by atoms with Crippen LogP contribution in [0.2, 0.25) is 0 Å². The van der Waals surface area contributed by atoms with Gasteiger partial charge in [0.05, 0.1) is 5.92 Å². The Kier molecular flexibility index (Phi) is 4.40. The first-order chi connectivity index (χ1) is 8.72. The quantitative estimate of drug-likeness (QED) is 0.799. The lowest BCUT2D eigenvalue weighted by molar-refractivity contribution is -0.134. The average Bonchev–Trinajstić information content (AvgIpc) is 2.41. The third-order valence-electron chi connectivity index (χ3n) is 3.88. The fraction of sp³-hybridized carbons (Fsp3) is 0.562. The van der Waals surface area contributed by atoms with Crippen molar-refractivity contribution in [2.75, 3.05) is 13.1 Å². The standard InChI is InChI=1S/C16H23NO/c1-3-15(14-9-5-4-6-10-14)16(18)17-11-7-8-13(2)12-17/h4-6,9-10,13,15H,3,7-8,11-12H2,1-2H3. The van der Waals surface area contributed by atoms with Gasteiger partial charge in [0.1, 0.15) is 0 Å². The minimum atomic E-state index is 0.0384. The molecule has 0 aromatic heterocycles. The Labute approximate surface area is 110 Å². The van der Waals surface area contributed by atoms with E-state index < -0.39 is 0 Å². The highest BCUT2D eigenvalue weighted by atomic mass is 16.2. The molecule has 0 radical (unpaired) electrons. The first-order valence-electron chi connectivity index (χ1n) is 7.06. The van der Waals surface area contributed by atoms with Crippen LogP contribution in [0.4, 0.5) is 0 Å². The molecule has 18 heavy (non-hydrogen) atoms. The minimum absolute atomic E-state index is 0.0384. The highest BCUT2D eigenvalue weighted by Gasteiger charge is 2.27. The molecule has 98 valence electrons. The van der Waals surface area contributed by atoms with Crippen molar-refractivity contribution in [3.8, 4) is 0 Å². The maximum absolute atomic E-state index is 12.6. The number of likely N-dealkylation sites (tertiary alicyclic amines) is 1. The molecule has 1 aliphatic heterocycles. The van der Waals surface area contributed by atoms with E-state index in [4.69, 9.17) is 0 Å². The van der Waals surface area contributed by atoms with Gasteiger partial charge < -0.3 is 4.90 Å². The van der Waals surface area contributed by atoms with Crippen LogP contribution in [0.3, 0.4) is 0 Å². The average molecular weight is 245 g/mol. The van der Waals surface area contributed by atoms with Crippen molar-refractivity contribution in [3.05, 3.63) is 35.9 Å². The molecular formula is C16H23NO. The van der Waals surface area contributed by atoms with E-state index in [1.165, 1.54) is 6.42 Å². The Bertz CT molecular complexity index is 387. The van der Waals surface area contributed by atoms with Gasteiger partial charge in [0.25, 0.3) is 0 Å². The van der Waals surface area contributed by atoms with Gasteiger partial charge in [-0.15, -0.1) is 0 Å². The van der Waals surface area contributed by atoms with Crippen LogP contribution in [0.15, 0.2) is 30.3 Å². The molecule has 0 spiro atoms. The SMILES string of the molecule is CCC(C(=O)N1CCCC(C)C1)c1ccccc1. The van der Waals surface area contributed by atoms with E-state index in [0.717, 1.165) is 31.5 Å². The molecule has 1 heterocycles. The molecular weight excluding hydrogens is 222 g/mol. The lowest BCUT2D eigenvalue weighted by Gasteiger charge is -2.33. The van der Waals surface area contributed by atoms with Gasteiger partial charge in [0, 0.05) is 13.1 Å². The van der Waals surface area contributed by atoms with Gasteiger partial charge in [0.2, 0.25) is 5.91 Å². The van der Waals surface area contributed by atoms with E-state index in [-0.39, 0.29) is 5.92 Å². The van der Waals surface area contributed by atoms with Crippen molar-refractivity contribution < 1.29 is 4.79 Å². The van der Waals surface area contributed by atoms with Crippen LogP contribution < -0.4 is 0 Å². The molecule has 1 aromatic carbocycles. The van der Waals surface area contributed by atoms with Gasteiger partial charge in [0.15, 0.2) is 0 Å². The van der Waals surface area contributed by atoms with Gasteiger partial charge >= 0.3 is 0 Å². The van der Waals surface area contributed by atoms with Crippen LogP contribution >= 0.6 is 0 Å². The highest BCUT2D eigenvalue weighted by molar-refractivity contribution is 5.83. The highest BCUT2D eigenvalue weighted by Crippen LogP contribution is 2.25. The molecule has 2 unspecified atom stereocenters. The molecule has 2 heteroatoms. The Balaban J connectivity index is 2.10. The predicted octanol–water partition coefficient (Wildman–Crippen LogP) is 3.44. The van der Waals surface area contributed by atoms with Crippen molar-refractivity contribution >= 4 is 5.91 Å². The number of rotatable bonds is 3. The van der Waals surface area contributed by atoms with E-state index in [2.05, 4.69) is 30.9 Å². The van der Waals surface area contributed by atoms with Crippen LogP contribution in [-0.2, 0) is 4.79 Å². The van der Waals surface area contributed by atoms with Gasteiger partial charge in [-0.05, 0) is 30.7 Å². The molecule has 1 amide bonds. The number of carbonyl (C=O) groups excluding carboxylic acids is 1. The first kappa shape index (κ1) is 13.1. The summed E-state index contributed by atoms with van der Waals surface area (Å²) in [7, 11) is 0. The zero-order valence-corrected chi connectivity index (χ0v) is 11.4. The van der Waals surface area contributed by atoms with Crippen molar-refractivity contribution in [1.82, 2.24) is 4.90 Å². The topological polar surface area (TPSA) is 20.3 Å². The Morgan fingerprint density at radius 3 is 2.72 bits per heavy atom. The van der Waals surface area contributed by atoms with Crippen LogP contribution in [-0.4, -0.2) is 23.9 Å². The van der Waals surface area contributed by atoms with Crippen LogP contribution in [0, 0.1) is 5.92 Å². The monoisotopic (exact) mass is 245 g/mol. The predicted molar refractivity (Wildman–Crippen MR) is 74.5 cm³/mol. The van der Waals surface area contributed by atoms with Crippen molar-refractivity contribution in [2.45, 2.75) is 39.0 Å². The van der Waals surface area contributed by atoms with E-state index in [1.54, 1.807) is 0 Å². The largest absolute Gasteiger partial charge is 0.342 e. The summed E-state index contributed by atoms with van der Waals surface area (Å²) in [6.45, 7) is 6.21. The van der Waals surface area contributed by atoms with Crippen molar-refractivity contribution in [2.24, 2.45) is 5.92 Å². The molecule has 0 saturated carbocycles. The first-order valence-corrected chi connectivity index (χ1v) is 7.06. The van der Waals surface area contributed by atoms with E-state index in [9.17, 15) is 4.79 Å². The van der Waals surface area contributed by atoms with Gasteiger partial charge in [-0.2, -0.15) is 0 Å². The van der Waals surface area contributed by atoms with Crippen LogP contribution in [0.25, 0.3) is 0 Å².